The average Bonchev–Trinajstić information content (AvgIpc) is 3.27. The number of rotatable bonds is 3. The van der Waals surface area contributed by atoms with E-state index < -0.39 is 0 Å². The Morgan fingerprint density at radius 2 is 0.683 bits per heavy atom. The molecule has 0 saturated carbocycles. The van der Waals surface area contributed by atoms with E-state index in [1.165, 1.54) is 6.07 Å². The van der Waals surface area contributed by atoms with E-state index in [4.69, 9.17) is 3.83 Å². The molecule has 0 fully saturated rings. The van der Waals surface area contributed by atoms with Crippen LogP contribution in [0.5, 0.6) is 0 Å². The Balaban J connectivity index is 0.000000261. The van der Waals surface area contributed by atoms with Crippen LogP contribution in [0.2, 0.25) is 0 Å². The van der Waals surface area contributed by atoms with Gasteiger partial charge in [-0.15, -0.1) is 0 Å². The maximum absolute atomic E-state index is 11.5. The second kappa shape index (κ2) is 27.6. The molecule has 0 unspecified atom stereocenters. The van der Waals surface area contributed by atoms with Crippen molar-refractivity contribution in [1.82, 2.24) is 18.7 Å². The monoisotopic (exact) mass is 962 g/mol. The number of nitrogens with zero attached hydrogens (tertiary/aromatic N) is 3. The van der Waals surface area contributed by atoms with E-state index in [1.807, 2.05) is 186 Å². The van der Waals surface area contributed by atoms with Crippen LogP contribution < -0.4 is 22.2 Å². The number of H-pyrrole nitrogens is 1. The summed E-state index contributed by atoms with van der Waals surface area (Å²) in [4.78, 5) is 47.5. The zero-order valence-electron chi connectivity index (χ0n) is 33.3. The second-order valence-electron chi connectivity index (χ2n) is 12.8. The number of aromatic amines is 1. The maximum atomic E-state index is 11.5. The molecule has 60 heavy (non-hydrogen) atoms. The van der Waals surface area contributed by atoms with Crippen molar-refractivity contribution in [2.24, 2.45) is 0 Å². The standard InChI is InChI=1S/3C12H11NO.C6H5Br.C6H7NO.2Cu.O/c3*1-10-7-8-12(14)13(9-10)11-5-3-2-4-6-11;7-6-4-2-1-3-5-6;1-5-2-3-6(8)7-4-5;;;/h3*2-9H,1H3;1-5H;2-4H,1H3,(H,7,8);;;. The van der Waals surface area contributed by atoms with Crippen LogP contribution in [-0.2, 0) is 36.8 Å². The molecular formula is C48H45BrCu2N4O5. The van der Waals surface area contributed by atoms with Crippen molar-refractivity contribution in [1.29, 1.82) is 0 Å². The van der Waals surface area contributed by atoms with E-state index in [-0.39, 0.29) is 39.3 Å². The van der Waals surface area contributed by atoms with Crippen LogP contribution in [0.25, 0.3) is 17.1 Å². The fraction of sp³-hybridized carbons (Fsp3) is 0.0833. The molecule has 9 nitrogen and oxygen atoms in total. The van der Waals surface area contributed by atoms with Crippen molar-refractivity contribution in [2.75, 3.05) is 0 Å². The van der Waals surface area contributed by atoms with Crippen molar-refractivity contribution in [3.63, 3.8) is 0 Å². The first-order chi connectivity index (χ1) is 28.5. The van der Waals surface area contributed by atoms with E-state index in [0.717, 1.165) is 43.8 Å². The Morgan fingerprint density at radius 1 is 0.400 bits per heavy atom. The minimum atomic E-state index is -0.0457. The van der Waals surface area contributed by atoms with Crippen LogP contribution in [-0.4, -0.2) is 18.7 Å². The summed E-state index contributed by atoms with van der Waals surface area (Å²) in [5, 5.41) is 0. The van der Waals surface area contributed by atoms with Crippen LogP contribution in [0.3, 0.4) is 0 Å². The minimum absolute atomic E-state index is 0. The molecule has 1 N–H and O–H groups in total. The molecule has 0 aliphatic carbocycles. The van der Waals surface area contributed by atoms with Crippen molar-refractivity contribution in [3.05, 3.63) is 263 Å². The fourth-order valence-corrected chi connectivity index (χ4v) is 5.36. The number of hydrogen-bond acceptors (Lipinski definition) is 5. The molecular weight excluding hydrogens is 920 g/mol. The molecule has 1 radical (unpaired) electrons. The van der Waals surface area contributed by atoms with Crippen LogP contribution in [0.1, 0.15) is 22.3 Å². The number of aromatic nitrogens is 4. The van der Waals surface area contributed by atoms with Gasteiger partial charge in [0.25, 0.3) is 16.7 Å². The quantitative estimate of drug-likeness (QED) is 0.177. The van der Waals surface area contributed by atoms with Crippen molar-refractivity contribution < 1.29 is 36.8 Å². The Bertz CT molecular complexity index is 2440. The van der Waals surface area contributed by atoms with E-state index in [1.54, 1.807) is 44.2 Å². The third-order valence-corrected chi connectivity index (χ3v) is 8.48. The number of para-hydroxylation sites is 3. The number of hydrogen-bond donors (Lipinski definition) is 1. The molecule has 4 aromatic carbocycles. The molecule has 0 bridgehead atoms. The molecule has 4 heterocycles. The Hall–Kier alpha value is -6.00. The molecule has 0 saturated heterocycles. The number of benzene rings is 4. The van der Waals surface area contributed by atoms with Gasteiger partial charge in [0.1, 0.15) is 0 Å². The summed E-state index contributed by atoms with van der Waals surface area (Å²) in [6.45, 7) is 7.84. The Morgan fingerprint density at radius 3 is 0.917 bits per heavy atom. The van der Waals surface area contributed by atoms with Crippen LogP contribution in [0.4, 0.5) is 0 Å². The van der Waals surface area contributed by atoms with E-state index in [0.29, 0.717) is 0 Å². The zero-order valence-corrected chi connectivity index (χ0v) is 36.8. The average molecular weight is 965 g/mol. The van der Waals surface area contributed by atoms with Crippen LogP contribution in [0.15, 0.2) is 218 Å². The molecule has 0 amide bonds. The summed E-state index contributed by atoms with van der Waals surface area (Å²) in [5.41, 5.74) is 6.98. The Kier molecular flexibility index (Phi) is 23.1. The van der Waals surface area contributed by atoms with Gasteiger partial charge in [0.2, 0.25) is 5.56 Å². The summed E-state index contributed by atoms with van der Waals surface area (Å²) >= 11 is 6.25. The molecule has 316 valence electrons. The summed E-state index contributed by atoms with van der Waals surface area (Å²) in [5.74, 6) is 0. The second-order valence-corrected chi connectivity index (χ2v) is 13.7. The van der Waals surface area contributed by atoms with E-state index >= 15 is 0 Å². The molecule has 0 spiro atoms. The molecule has 0 aliphatic rings. The first-order valence-corrected chi connectivity index (χ1v) is 19.4. The molecule has 8 aromatic rings. The molecule has 0 aliphatic heterocycles. The van der Waals surface area contributed by atoms with Gasteiger partial charge in [-0.2, -0.15) is 0 Å². The van der Waals surface area contributed by atoms with Gasteiger partial charge in [-0.1, -0.05) is 113 Å². The Labute approximate surface area is 376 Å². The number of aryl methyl sites for hydroxylation is 4. The zero-order chi connectivity index (χ0) is 43.0. The predicted octanol–water partition coefficient (Wildman–Crippen LogP) is 9.45. The van der Waals surface area contributed by atoms with Crippen molar-refractivity contribution >= 4 is 15.9 Å². The predicted molar refractivity (Wildman–Crippen MR) is 237 cm³/mol. The summed E-state index contributed by atoms with van der Waals surface area (Å²) < 4.78 is 13.9. The molecule has 0 atom stereocenters. The van der Waals surface area contributed by atoms with Gasteiger partial charge in [-0.05, 0) is 98.5 Å². The third kappa shape index (κ3) is 17.9. The summed E-state index contributed by atoms with van der Waals surface area (Å²) in [6.07, 6.45) is 7.22. The summed E-state index contributed by atoms with van der Waals surface area (Å²) in [7, 11) is 0. The van der Waals surface area contributed by atoms with Gasteiger partial charge in [-0.25, -0.2) is 0 Å². The van der Waals surface area contributed by atoms with Gasteiger partial charge in [0.05, 0.1) is 0 Å². The van der Waals surface area contributed by atoms with Crippen LogP contribution in [0, 0.1) is 27.7 Å². The third-order valence-electron chi connectivity index (χ3n) is 7.95. The van der Waals surface area contributed by atoms with Crippen molar-refractivity contribution in [2.45, 2.75) is 27.7 Å². The van der Waals surface area contributed by atoms with E-state index in [2.05, 4.69) is 36.9 Å². The normalized spacial score (nSPS) is 9.38. The molecule has 4 aromatic heterocycles. The topological polar surface area (TPSA) is 116 Å². The first-order valence-electron chi connectivity index (χ1n) is 18.2. The summed E-state index contributed by atoms with van der Waals surface area (Å²) in [6, 6.07) is 52.3. The number of nitrogens with one attached hydrogen (secondary N) is 1. The van der Waals surface area contributed by atoms with Crippen molar-refractivity contribution in [3.8, 4) is 17.1 Å². The van der Waals surface area contributed by atoms with Crippen LogP contribution >= 0.6 is 15.9 Å². The van der Waals surface area contributed by atoms with Gasteiger partial charge >= 0.3 is 19.8 Å². The first kappa shape index (κ1) is 50.1. The van der Waals surface area contributed by atoms with Gasteiger partial charge < -0.3 is 4.98 Å². The van der Waals surface area contributed by atoms with Gasteiger partial charge in [0, 0.05) is 87.7 Å². The fourth-order valence-electron chi connectivity index (χ4n) is 5.05. The van der Waals surface area contributed by atoms with E-state index in [9.17, 15) is 19.2 Å². The molecule has 12 heteroatoms. The van der Waals surface area contributed by atoms with Gasteiger partial charge in [-0.3, -0.25) is 32.9 Å². The SMILES string of the molecule is Brc1ccccc1.Cc1ccc(=O)[nH]c1.Cc1ccc(=O)n(-c2ccccc2)c1.Cc1ccc(=O)n(-c2ccccc2)c1.Cc1ccc(=O)n(-c2ccccc2)c1.[Cu].[O]=[Cu]. The van der Waals surface area contributed by atoms with Gasteiger partial charge in [0.15, 0.2) is 0 Å². The number of pyridine rings is 4. The number of halogens is 1. The molecule has 8 rings (SSSR count).